The molecule has 296 valence electrons. The van der Waals surface area contributed by atoms with E-state index in [1.807, 2.05) is 6.08 Å². The molecule has 0 saturated heterocycles. The van der Waals surface area contributed by atoms with E-state index in [2.05, 4.69) is 31.3 Å². The second kappa shape index (κ2) is 40.6. The van der Waals surface area contributed by atoms with Gasteiger partial charge in [0.15, 0.2) is 0 Å². The van der Waals surface area contributed by atoms with Crippen molar-refractivity contribution < 1.29 is 20.1 Å². The van der Waals surface area contributed by atoms with Crippen LogP contribution in [-0.2, 0) is 4.79 Å². The van der Waals surface area contributed by atoms with Crippen molar-refractivity contribution in [3.63, 3.8) is 0 Å². The molecule has 0 fully saturated rings. The van der Waals surface area contributed by atoms with Crippen LogP contribution in [0.15, 0.2) is 24.3 Å². The minimum atomic E-state index is -0.948. The summed E-state index contributed by atoms with van der Waals surface area (Å²) in [5.41, 5.74) is 0. The summed E-state index contributed by atoms with van der Waals surface area (Å²) in [6, 6.07) is -0.757. The van der Waals surface area contributed by atoms with Gasteiger partial charge in [0, 0.05) is 0 Å². The molecule has 0 aromatic carbocycles. The molecule has 1 amide bonds. The lowest BCUT2D eigenvalue weighted by molar-refractivity contribution is -0.124. The maximum atomic E-state index is 12.4. The lowest BCUT2D eigenvalue weighted by atomic mass is 10.0. The fraction of sp³-hybridized carbons (Fsp3) is 0.889. The normalized spacial score (nSPS) is 13.8. The van der Waals surface area contributed by atoms with Gasteiger partial charge in [0.2, 0.25) is 5.91 Å². The van der Waals surface area contributed by atoms with Gasteiger partial charge in [0.05, 0.1) is 31.3 Å². The number of carbonyl (C=O) groups excluding carboxylic acids is 1. The Morgan fingerprint density at radius 1 is 0.500 bits per heavy atom. The summed E-state index contributed by atoms with van der Waals surface area (Å²) in [6.07, 6.45) is 49.0. The van der Waals surface area contributed by atoms with Crippen LogP contribution in [0.25, 0.3) is 0 Å². The topological polar surface area (TPSA) is 89.8 Å². The zero-order valence-electron chi connectivity index (χ0n) is 33.5. The van der Waals surface area contributed by atoms with Crippen molar-refractivity contribution in [3.05, 3.63) is 24.3 Å². The molecule has 0 bridgehead atoms. The van der Waals surface area contributed by atoms with Crippen LogP contribution in [-0.4, -0.2) is 46.1 Å². The first kappa shape index (κ1) is 48.8. The second-order valence-corrected chi connectivity index (χ2v) is 15.3. The first-order valence-corrected chi connectivity index (χ1v) is 22.1. The summed E-state index contributed by atoms with van der Waals surface area (Å²) in [5, 5.41) is 33.1. The molecule has 0 spiro atoms. The number of unbranched alkanes of at least 4 members (excludes halogenated alkanes) is 29. The number of carbonyl (C=O) groups is 1. The SMILES string of the molecule is CCCCCCCCCCCCCCCCCCC/C=C/CC/C=C/C(O)C(CO)NC(=O)CC(O)CCCCCCCCCCCCCC. The summed E-state index contributed by atoms with van der Waals surface area (Å²) in [5.74, 6) is -0.324. The van der Waals surface area contributed by atoms with E-state index >= 15 is 0 Å². The molecule has 5 heteroatoms. The van der Waals surface area contributed by atoms with Crippen LogP contribution < -0.4 is 5.32 Å². The van der Waals surface area contributed by atoms with E-state index in [-0.39, 0.29) is 18.9 Å². The van der Waals surface area contributed by atoms with Crippen LogP contribution in [0.5, 0.6) is 0 Å². The predicted octanol–water partition coefficient (Wildman–Crippen LogP) is 12.6. The Labute approximate surface area is 312 Å². The highest BCUT2D eigenvalue weighted by atomic mass is 16.3. The van der Waals surface area contributed by atoms with Crippen LogP contribution in [0.3, 0.4) is 0 Å². The van der Waals surface area contributed by atoms with Crippen LogP contribution >= 0.6 is 0 Å². The van der Waals surface area contributed by atoms with Crippen molar-refractivity contribution in [2.45, 2.75) is 250 Å². The van der Waals surface area contributed by atoms with Gasteiger partial charge in [-0.1, -0.05) is 218 Å². The van der Waals surface area contributed by atoms with Crippen molar-refractivity contribution in [1.29, 1.82) is 0 Å². The van der Waals surface area contributed by atoms with Crippen molar-refractivity contribution >= 4 is 5.91 Å². The molecule has 50 heavy (non-hydrogen) atoms. The summed E-state index contributed by atoms with van der Waals surface area (Å²) in [6.45, 7) is 4.20. The number of aliphatic hydroxyl groups excluding tert-OH is 3. The van der Waals surface area contributed by atoms with Gasteiger partial charge in [-0.25, -0.2) is 0 Å². The van der Waals surface area contributed by atoms with E-state index in [0.717, 1.165) is 32.1 Å². The molecule has 5 nitrogen and oxygen atoms in total. The molecule has 0 rings (SSSR count). The van der Waals surface area contributed by atoms with Gasteiger partial charge < -0.3 is 20.6 Å². The largest absolute Gasteiger partial charge is 0.394 e. The summed E-state index contributed by atoms with van der Waals surface area (Å²) >= 11 is 0. The maximum Gasteiger partial charge on any atom is 0.222 e. The molecular weight excluding hydrogens is 618 g/mol. The van der Waals surface area contributed by atoms with Crippen molar-refractivity contribution in [2.24, 2.45) is 0 Å². The molecule has 3 unspecified atom stereocenters. The molecular formula is C45H87NO4. The standard InChI is InChI=1S/C45H87NO4/c1-3-5-7-9-11-13-15-17-18-19-20-21-22-23-24-25-26-27-29-31-33-35-37-39-44(49)43(41-47)46-45(50)40-42(48)38-36-34-32-30-28-16-14-12-10-8-6-4-2/h29,31,37,39,42-44,47-49H,3-28,30,32-36,38,40-41H2,1-2H3,(H,46,50)/b31-29+,39-37+. The molecule has 0 aromatic rings. The lowest BCUT2D eigenvalue weighted by Gasteiger charge is -2.21. The number of hydrogen-bond acceptors (Lipinski definition) is 4. The van der Waals surface area contributed by atoms with Crippen LogP contribution in [0, 0.1) is 0 Å². The highest BCUT2D eigenvalue weighted by molar-refractivity contribution is 5.76. The molecule has 0 aliphatic rings. The van der Waals surface area contributed by atoms with Crippen molar-refractivity contribution in [3.8, 4) is 0 Å². The third kappa shape index (κ3) is 36.6. The van der Waals surface area contributed by atoms with Crippen molar-refractivity contribution in [1.82, 2.24) is 5.32 Å². The summed E-state index contributed by atoms with van der Waals surface area (Å²) < 4.78 is 0. The van der Waals surface area contributed by atoms with E-state index in [9.17, 15) is 20.1 Å². The number of nitrogens with one attached hydrogen (secondary N) is 1. The smallest absolute Gasteiger partial charge is 0.222 e. The van der Waals surface area contributed by atoms with Gasteiger partial charge in [0.25, 0.3) is 0 Å². The summed E-state index contributed by atoms with van der Waals surface area (Å²) in [7, 11) is 0. The molecule has 4 N–H and O–H groups in total. The fourth-order valence-corrected chi connectivity index (χ4v) is 6.83. The average molecular weight is 706 g/mol. The Hall–Kier alpha value is -1.17. The van der Waals surface area contributed by atoms with Gasteiger partial charge in [-0.05, 0) is 32.1 Å². The molecule has 0 aliphatic heterocycles. The Bertz CT molecular complexity index is 739. The number of rotatable bonds is 40. The van der Waals surface area contributed by atoms with Crippen LogP contribution in [0.2, 0.25) is 0 Å². The zero-order valence-corrected chi connectivity index (χ0v) is 33.5. The van der Waals surface area contributed by atoms with E-state index < -0.39 is 18.2 Å². The van der Waals surface area contributed by atoms with Crippen LogP contribution in [0.1, 0.15) is 232 Å². The minimum Gasteiger partial charge on any atom is -0.394 e. The Morgan fingerprint density at radius 2 is 0.860 bits per heavy atom. The van der Waals surface area contributed by atoms with Crippen LogP contribution in [0.4, 0.5) is 0 Å². The van der Waals surface area contributed by atoms with Gasteiger partial charge in [0.1, 0.15) is 0 Å². The van der Waals surface area contributed by atoms with Gasteiger partial charge in [-0.3, -0.25) is 4.79 Å². The predicted molar refractivity (Wildman–Crippen MR) is 218 cm³/mol. The monoisotopic (exact) mass is 706 g/mol. The highest BCUT2D eigenvalue weighted by Gasteiger charge is 2.20. The highest BCUT2D eigenvalue weighted by Crippen LogP contribution is 2.16. The third-order valence-electron chi connectivity index (χ3n) is 10.2. The maximum absolute atomic E-state index is 12.4. The van der Waals surface area contributed by atoms with E-state index in [4.69, 9.17) is 0 Å². The third-order valence-corrected chi connectivity index (χ3v) is 10.2. The average Bonchev–Trinajstić information content (AvgIpc) is 3.11. The molecule has 3 atom stereocenters. The number of allylic oxidation sites excluding steroid dienone is 3. The first-order chi connectivity index (χ1) is 24.5. The molecule has 0 radical (unpaired) electrons. The second-order valence-electron chi connectivity index (χ2n) is 15.3. The Balaban J connectivity index is 3.67. The van der Waals surface area contributed by atoms with E-state index in [1.54, 1.807) is 6.08 Å². The Kier molecular flexibility index (Phi) is 39.6. The fourth-order valence-electron chi connectivity index (χ4n) is 6.83. The number of aliphatic hydroxyl groups is 3. The number of hydrogen-bond donors (Lipinski definition) is 4. The van der Waals surface area contributed by atoms with Gasteiger partial charge in [-0.2, -0.15) is 0 Å². The lowest BCUT2D eigenvalue weighted by Crippen LogP contribution is -2.45. The van der Waals surface area contributed by atoms with E-state index in [1.165, 1.54) is 173 Å². The van der Waals surface area contributed by atoms with Crippen molar-refractivity contribution in [2.75, 3.05) is 6.61 Å². The zero-order chi connectivity index (χ0) is 36.6. The number of amides is 1. The molecule has 0 heterocycles. The minimum absolute atomic E-state index is 0.00913. The molecule has 0 aromatic heterocycles. The van der Waals surface area contributed by atoms with Gasteiger partial charge in [-0.15, -0.1) is 0 Å². The quantitative estimate of drug-likeness (QED) is 0.0377. The summed E-state index contributed by atoms with van der Waals surface area (Å²) in [4.78, 5) is 12.4. The molecule has 0 saturated carbocycles. The van der Waals surface area contributed by atoms with Gasteiger partial charge >= 0.3 is 0 Å². The van der Waals surface area contributed by atoms with E-state index in [0.29, 0.717) is 6.42 Å². The molecule has 0 aliphatic carbocycles. The Morgan fingerprint density at radius 3 is 1.28 bits per heavy atom. The first-order valence-electron chi connectivity index (χ1n) is 22.1.